The Morgan fingerprint density at radius 3 is 2.00 bits per heavy atom. The minimum Gasteiger partial charge on any atom is -0.512 e. The van der Waals surface area contributed by atoms with E-state index in [0.717, 1.165) is 55.9 Å². The van der Waals surface area contributed by atoms with E-state index in [4.69, 9.17) is 4.42 Å². The number of rotatable bonds is 2. The van der Waals surface area contributed by atoms with Gasteiger partial charge in [-0.25, -0.2) is 0 Å². The zero-order chi connectivity index (χ0) is 32.9. The van der Waals surface area contributed by atoms with Crippen LogP contribution in [0.1, 0.15) is 52.7 Å². The quantitative estimate of drug-likeness (QED) is 0.0820. The number of aryl methyl sites for hydroxylation is 1. The summed E-state index contributed by atoms with van der Waals surface area (Å²) in [4.78, 5) is 16.1. The average molecular weight is 803 g/mol. The van der Waals surface area contributed by atoms with Crippen LogP contribution in [0.4, 0.5) is 13.2 Å². The smallest absolute Gasteiger partial charge is 0.416 e. The van der Waals surface area contributed by atoms with E-state index < -0.39 is 17.2 Å². The van der Waals surface area contributed by atoms with Gasteiger partial charge in [0.15, 0.2) is 5.78 Å². The SMILES string of the molecule is CC(C)(C)C(=O)/C=C(\O)C(C)(C)C.Cc1cc[c-]c(-c2nccc3c2ccc2c3ccc3c4ccc(C(F)(F)F)cc4oc32)c1.[Ir]. The molecule has 0 fully saturated rings. The van der Waals surface area contributed by atoms with E-state index in [-0.39, 0.29) is 42.6 Å². The molecule has 4 nitrogen and oxygen atoms in total. The standard InChI is InChI=1S/C27H15F3NO.C11H20O2.Ir/c1-15-3-2-4-16(13-15)25-21-8-10-22-18(19(21)11-12-31-25)7-9-23-20-6-5-17(27(28,29)30)14-24(20)32-26(22)23;1-10(2,3)8(12)7-9(13)11(4,5)6;/h2-3,5-14H,1H3;7,12H,1-6H3;/q-1;;/b;8-7-;. The second kappa shape index (κ2) is 12.7. The van der Waals surface area contributed by atoms with E-state index in [2.05, 4.69) is 11.1 Å². The molecule has 6 aromatic rings. The fraction of sp³-hybridized carbons (Fsp3) is 0.263. The summed E-state index contributed by atoms with van der Waals surface area (Å²) in [5.41, 5.74) is 2.21. The number of allylic oxidation sites excluding steroid dienone is 2. The Hall–Kier alpha value is -4.00. The maximum absolute atomic E-state index is 13.2. The van der Waals surface area contributed by atoms with Crippen molar-refractivity contribution in [3.8, 4) is 11.3 Å². The third-order valence-electron chi connectivity index (χ3n) is 7.69. The number of alkyl halides is 3. The van der Waals surface area contributed by atoms with Crippen LogP contribution in [0.25, 0.3) is 54.7 Å². The number of ketones is 1. The molecule has 0 bridgehead atoms. The molecule has 241 valence electrons. The number of fused-ring (bicyclic) bond motifs is 7. The van der Waals surface area contributed by atoms with Crippen molar-refractivity contribution < 1.29 is 47.6 Å². The number of pyridine rings is 1. The number of aliphatic hydroxyl groups excluding tert-OH is 1. The number of carbonyl (C=O) groups excluding carboxylic acids is 1. The van der Waals surface area contributed by atoms with Crippen molar-refractivity contribution in [3.05, 3.63) is 102 Å². The summed E-state index contributed by atoms with van der Waals surface area (Å²) in [7, 11) is 0. The molecule has 2 aromatic heterocycles. The van der Waals surface area contributed by atoms with Gasteiger partial charge >= 0.3 is 6.18 Å². The van der Waals surface area contributed by atoms with Crippen molar-refractivity contribution in [1.29, 1.82) is 0 Å². The Balaban J connectivity index is 0.000000295. The molecule has 0 saturated carbocycles. The molecular weight excluding hydrogens is 768 g/mol. The summed E-state index contributed by atoms with van der Waals surface area (Å²) in [5.74, 6) is 0.104. The molecule has 4 aromatic carbocycles. The largest absolute Gasteiger partial charge is 0.512 e. The molecule has 0 aliphatic heterocycles. The molecular formula is C38H35F3IrNO3-. The average Bonchev–Trinajstić information content (AvgIpc) is 3.34. The van der Waals surface area contributed by atoms with Crippen LogP contribution in [-0.2, 0) is 31.1 Å². The summed E-state index contributed by atoms with van der Waals surface area (Å²) >= 11 is 0. The predicted octanol–water partition coefficient (Wildman–Crippen LogP) is 11.2. The van der Waals surface area contributed by atoms with E-state index in [9.17, 15) is 23.1 Å². The minimum absolute atomic E-state index is 0. The molecule has 46 heavy (non-hydrogen) atoms. The van der Waals surface area contributed by atoms with Crippen molar-refractivity contribution in [1.82, 2.24) is 4.98 Å². The summed E-state index contributed by atoms with van der Waals surface area (Å²) in [6.45, 7) is 13.1. The van der Waals surface area contributed by atoms with Gasteiger partial charge in [0.05, 0.1) is 5.56 Å². The van der Waals surface area contributed by atoms with Crippen molar-refractivity contribution in [2.45, 2.75) is 54.6 Å². The number of nitrogens with zero attached hydrogens (tertiary/aromatic N) is 1. The van der Waals surface area contributed by atoms with Crippen LogP contribution in [0, 0.1) is 23.8 Å². The molecule has 0 amide bonds. The first kappa shape index (κ1) is 34.9. The van der Waals surface area contributed by atoms with Gasteiger partial charge in [-0.2, -0.15) is 13.2 Å². The maximum Gasteiger partial charge on any atom is 0.416 e. The fourth-order valence-electron chi connectivity index (χ4n) is 4.97. The van der Waals surface area contributed by atoms with Gasteiger partial charge in [-0.05, 0) is 52.2 Å². The molecule has 0 aliphatic carbocycles. The molecule has 6 rings (SSSR count). The van der Waals surface area contributed by atoms with Gasteiger partial charge in [-0.15, -0.1) is 35.4 Å². The summed E-state index contributed by atoms with van der Waals surface area (Å²) in [6.07, 6.45) is -1.31. The van der Waals surface area contributed by atoms with Crippen LogP contribution in [0.2, 0.25) is 0 Å². The summed E-state index contributed by atoms with van der Waals surface area (Å²) < 4.78 is 45.4. The molecule has 1 radical (unpaired) electrons. The fourth-order valence-corrected chi connectivity index (χ4v) is 4.97. The Labute approximate surface area is 279 Å². The number of carbonyl (C=O) groups is 1. The monoisotopic (exact) mass is 803 g/mol. The van der Waals surface area contributed by atoms with Gasteiger partial charge in [0, 0.05) is 59.4 Å². The number of hydrogen-bond acceptors (Lipinski definition) is 4. The van der Waals surface area contributed by atoms with Crippen LogP contribution in [0.3, 0.4) is 0 Å². The van der Waals surface area contributed by atoms with E-state index >= 15 is 0 Å². The van der Waals surface area contributed by atoms with Crippen LogP contribution in [0.5, 0.6) is 0 Å². The van der Waals surface area contributed by atoms with Crippen molar-refractivity contribution in [2.24, 2.45) is 10.8 Å². The Morgan fingerprint density at radius 1 is 0.804 bits per heavy atom. The van der Waals surface area contributed by atoms with E-state index in [1.807, 2.05) is 97.0 Å². The molecule has 8 heteroatoms. The first-order chi connectivity index (χ1) is 20.9. The first-order valence-corrected chi connectivity index (χ1v) is 14.6. The second-order valence-electron chi connectivity index (χ2n) is 13.3. The van der Waals surface area contributed by atoms with Crippen molar-refractivity contribution >= 4 is 49.3 Å². The zero-order valence-corrected chi connectivity index (χ0v) is 29.1. The van der Waals surface area contributed by atoms with Crippen LogP contribution < -0.4 is 0 Å². The summed E-state index contributed by atoms with van der Waals surface area (Å²) in [5, 5.41) is 14.8. The number of benzene rings is 4. The van der Waals surface area contributed by atoms with Gasteiger partial charge in [0.2, 0.25) is 0 Å². The van der Waals surface area contributed by atoms with E-state index in [1.54, 1.807) is 6.20 Å². The molecule has 0 unspecified atom stereocenters. The van der Waals surface area contributed by atoms with Crippen molar-refractivity contribution in [2.75, 3.05) is 0 Å². The summed E-state index contributed by atoms with van der Waals surface area (Å²) in [6, 6.07) is 22.6. The minimum atomic E-state index is -4.42. The predicted molar refractivity (Wildman–Crippen MR) is 175 cm³/mol. The maximum atomic E-state index is 13.2. The third kappa shape index (κ3) is 7.03. The van der Waals surface area contributed by atoms with Crippen LogP contribution in [0.15, 0.2) is 89.2 Å². The zero-order valence-electron chi connectivity index (χ0n) is 26.7. The van der Waals surface area contributed by atoms with Crippen LogP contribution in [-0.4, -0.2) is 15.9 Å². The molecule has 0 aliphatic rings. The number of furan rings is 1. The molecule has 0 saturated heterocycles. The number of aromatic nitrogens is 1. The van der Waals surface area contributed by atoms with E-state index in [1.165, 1.54) is 12.1 Å². The Kier molecular flexibility index (Phi) is 9.59. The van der Waals surface area contributed by atoms with Gasteiger partial charge in [0.25, 0.3) is 0 Å². The van der Waals surface area contributed by atoms with Gasteiger partial charge in [0.1, 0.15) is 16.9 Å². The second-order valence-corrected chi connectivity index (χ2v) is 13.3. The topological polar surface area (TPSA) is 63.3 Å². The van der Waals surface area contributed by atoms with Gasteiger partial charge < -0.3 is 14.5 Å². The Morgan fingerprint density at radius 2 is 1.39 bits per heavy atom. The third-order valence-corrected chi connectivity index (χ3v) is 7.69. The number of aliphatic hydroxyl groups is 1. The number of hydrogen-bond donors (Lipinski definition) is 1. The Bertz CT molecular complexity index is 2110. The molecule has 1 N–H and O–H groups in total. The normalized spacial score (nSPS) is 12.7. The van der Waals surface area contributed by atoms with Crippen LogP contribution >= 0.6 is 0 Å². The molecule has 0 spiro atoms. The van der Waals surface area contributed by atoms with Gasteiger partial charge in [-0.3, -0.25) is 4.79 Å². The molecule has 0 atom stereocenters. The number of halogens is 3. The van der Waals surface area contributed by atoms with Crippen molar-refractivity contribution in [3.63, 3.8) is 0 Å². The molecule has 2 heterocycles. The first-order valence-electron chi connectivity index (χ1n) is 14.6. The van der Waals surface area contributed by atoms with E-state index in [0.29, 0.717) is 11.0 Å². The van der Waals surface area contributed by atoms with Gasteiger partial charge in [-0.1, -0.05) is 66.7 Å².